The van der Waals surface area contributed by atoms with Crippen LogP contribution < -0.4 is 10.1 Å². The van der Waals surface area contributed by atoms with Gasteiger partial charge >= 0.3 is 0 Å². The number of methoxy groups -OCH3 is 1. The van der Waals surface area contributed by atoms with Gasteiger partial charge in [-0.2, -0.15) is 5.10 Å². The predicted molar refractivity (Wildman–Crippen MR) is 115 cm³/mol. The van der Waals surface area contributed by atoms with Crippen molar-refractivity contribution in [2.75, 3.05) is 21.2 Å². The highest BCUT2D eigenvalue weighted by Gasteiger charge is 2.15. The van der Waals surface area contributed by atoms with E-state index in [1.807, 2.05) is 67.2 Å². The predicted octanol–water partition coefficient (Wildman–Crippen LogP) is 3.08. The zero-order valence-corrected chi connectivity index (χ0v) is 17.9. The molecule has 152 valence electrons. The third-order valence-electron chi connectivity index (χ3n) is 4.66. The zero-order chi connectivity index (χ0) is 21.0. The number of para-hydroxylation sites is 1. The lowest BCUT2D eigenvalue weighted by Gasteiger charge is -2.16. The fraction of sp³-hybridized carbons (Fsp3) is 0.286. The molecule has 2 aromatic carbocycles. The number of rotatable bonds is 7. The molecule has 0 saturated carbocycles. The van der Waals surface area contributed by atoms with Crippen molar-refractivity contribution >= 4 is 18.1 Å². The number of nitrogens with zero attached hydrogens (tertiary/aromatic N) is 4. The maximum atomic E-state index is 11.7. The molecule has 29 heavy (non-hydrogen) atoms. The Morgan fingerprint density at radius 2 is 1.90 bits per heavy atom. The van der Waals surface area contributed by atoms with Crippen molar-refractivity contribution in [1.29, 1.82) is 0 Å². The van der Waals surface area contributed by atoms with Gasteiger partial charge in [0.05, 0.1) is 19.3 Å². The van der Waals surface area contributed by atoms with E-state index in [1.54, 1.807) is 18.8 Å². The van der Waals surface area contributed by atoms with Gasteiger partial charge in [0.1, 0.15) is 5.75 Å². The van der Waals surface area contributed by atoms with Crippen LogP contribution in [0.2, 0.25) is 0 Å². The monoisotopic (exact) mass is 411 g/mol. The molecule has 1 aromatic heterocycles. The average Bonchev–Trinajstić information content (AvgIpc) is 3.01. The molecule has 1 amide bonds. The van der Waals surface area contributed by atoms with Crippen LogP contribution in [0.5, 0.6) is 5.75 Å². The molecule has 0 fully saturated rings. The summed E-state index contributed by atoms with van der Waals surface area (Å²) in [4.78, 5) is 13.8. The Labute approximate surface area is 175 Å². The second-order valence-corrected chi connectivity index (χ2v) is 7.16. The van der Waals surface area contributed by atoms with E-state index in [-0.39, 0.29) is 5.91 Å². The molecular formula is C21H25N5O2S. The van der Waals surface area contributed by atoms with E-state index in [2.05, 4.69) is 10.2 Å². The van der Waals surface area contributed by atoms with E-state index in [4.69, 9.17) is 22.1 Å². The van der Waals surface area contributed by atoms with E-state index >= 15 is 0 Å². The maximum Gasteiger partial charge on any atom is 0.251 e. The van der Waals surface area contributed by atoms with Crippen molar-refractivity contribution in [3.05, 3.63) is 64.4 Å². The zero-order valence-electron chi connectivity index (χ0n) is 17.0. The lowest BCUT2D eigenvalue weighted by atomic mass is 10.1. The number of carbonyl (C=O) groups is 1. The fourth-order valence-corrected chi connectivity index (χ4v) is 3.33. The van der Waals surface area contributed by atoms with Gasteiger partial charge in [-0.05, 0) is 49.1 Å². The highest BCUT2D eigenvalue weighted by atomic mass is 32.1. The summed E-state index contributed by atoms with van der Waals surface area (Å²) in [5, 5.41) is 7.34. The quantitative estimate of drug-likeness (QED) is 0.606. The minimum absolute atomic E-state index is 0.0893. The first-order valence-corrected chi connectivity index (χ1v) is 9.62. The number of aromatic nitrogens is 3. The van der Waals surface area contributed by atoms with Crippen LogP contribution in [-0.2, 0) is 20.3 Å². The molecule has 0 aliphatic rings. The second-order valence-electron chi connectivity index (χ2n) is 6.80. The van der Waals surface area contributed by atoms with Crippen LogP contribution in [0.1, 0.15) is 15.9 Å². The summed E-state index contributed by atoms with van der Waals surface area (Å²) in [6.07, 6.45) is 0. The summed E-state index contributed by atoms with van der Waals surface area (Å²) in [6.45, 7) is 1.25. The summed E-state index contributed by atoms with van der Waals surface area (Å²) < 4.78 is 9.78. The normalized spacial score (nSPS) is 10.9. The van der Waals surface area contributed by atoms with E-state index in [0.717, 1.165) is 22.7 Å². The number of hydrogen-bond acceptors (Lipinski definition) is 5. The van der Waals surface area contributed by atoms with Crippen molar-refractivity contribution < 1.29 is 9.53 Å². The third kappa shape index (κ3) is 4.55. The summed E-state index contributed by atoms with van der Waals surface area (Å²) >= 11 is 5.59. The van der Waals surface area contributed by atoms with E-state index in [9.17, 15) is 4.79 Å². The van der Waals surface area contributed by atoms with Gasteiger partial charge in [-0.25, -0.2) is 4.68 Å². The molecule has 0 saturated heterocycles. The molecule has 1 heterocycles. The van der Waals surface area contributed by atoms with Gasteiger partial charge in [0.25, 0.3) is 5.91 Å². The number of benzene rings is 2. The van der Waals surface area contributed by atoms with Crippen LogP contribution in [0.25, 0.3) is 11.4 Å². The van der Waals surface area contributed by atoms with Crippen molar-refractivity contribution in [2.24, 2.45) is 7.05 Å². The molecule has 3 aromatic rings. The van der Waals surface area contributed by atoms with Gasteiger partial charge in [-0.3, -0.25) is 9.69 Å². The number of hydrogen-bond donors (Lipinski definition) is 1. The molecule has 0 spiro atoms. The minimum atomic E-state index is -0.0893. The Hall–Kier alpha value is -2.97. The average molecular weight is 412 g/mol. The molecule has 3 rings (SSSR count). The Morgan fingerprint density at radius 3 is 2.55 bits per heavy atom. The molecule has 7 nitrogen and oxygen atoms in total. The molecule has 0 aliphatic carbocycles. The van der Waals surface area contributed by atoms with E-state index < -0.39 is 0 Å². The van der Waals surface area contributed by atoms with Gasteiger partial charge in [0, 0.05) is 26.2 Å². The molecule has 0 unspecified atom stereocenters. The van der Waals surface area contributed by atoms with Crippen LogP contribution in [-0.4, -0.2) is 46.4 Å². The Kier molecular flexibility index (Phi) is 6.46. The molecule has 8 heteroatoms. The van der Waals surface area contributed by atoms with Gasteiger partial charge in [0.15, 0.2) is 10.6 Å². The molecule has 0 radical (unpaired) electrons. The Morgan fingerprint density at radius 1 is 1.21 bits per heavy atom. The number of carbonyl (C=O) groups excluding carboxylic acids is 1. The van der Waals surface area contributed by atoms with Crippen LogP contribution in [0.15, 0.2) is 48.5 Å². The maximum absolute atomic E-state index is 11.7. The van der Waals surface area contributed by atoms with Crippen molar-refractivity contribution in [3.8, 4) is 17.1 Å². The SMILES string of the molecule is CNC(=O)c1ccc(CN(C)Cn2nc(-c3ccccc3OC)n(C)c2=S)cc1. The lowest BCUT2D eigenvalue weighted by molar-refractivity contribution is 0.0963. The first-order valence-electron chi connectivity index (χ1n) is 9.21. The summed E-state index contributed by atoms with van der Waals surface area (Å²) in [5.74, 6) is 1.43. The topological polar surface area (TPSA) is 64.3 Å². The molecule has 0 bridgehead atoms. The summed E-state index contributed by atoms with van der Waals surface area (Å²) in [7, 11) is 7.18. The Balaban J connectivity index is 1.77. The first kappa shape index (κ1) is 20.8. The number of amides is 1. The number of nitrogens with one attached hydrogen (secondary N) is 1. The largest absolute Gasteiger partial charge is 0.496 e. The molecule has 0 aliphatic heterocycles. The lowest BCUT2D eigenvalue weighted by Crippen LogP contribution is -2.23. The van der Waals surface area contributed by atoms with Crippen molar-refractivity contribution in [3.63, 3.8) is 0 Å². The van der Waals surface area contributed by atoms with Crippen molar-refractivity contribution in [1.82, 2.24) is 24.6 Å². The second kappa shape index (κ2) is 9.02. The highest BCUT2D eigenvalue weighted by molar-refractivity contribution is 7.71. The van der Waals surface area contributed by atoms with Crippen LogP contribution >= 0.6 is 12.2 Å². The van der Waals surface area contributed by atoms with E-state index in [0.29, 0.717) is 23.5 Å². The highest BCUT2D eigenvalue weighted by Crippen LogP contribution is 2.28. The minimum Gasteiger partial charge on any atom is -0.496 e. The smallest absolute Gasteiger partial charge is 0.251 e. The third-order valence-corrected chi connectivity index (χ3v) is 5.14. The standard InChI is InChI=1S/C21H25N5O2S/c1-22-20(27)16-11-9-15(10-12-16)13-24(2)14-26-21(29)25(3)19(23-26)17-7-5-6-8-18(17)28-4/h5-12H,13-14H2,1-4H3,(H,22,27). The molecule has 1 N–H and O–H groups in total. The number of ether oxygens (including phenoxy) is 1. The van der Waals surface area contributed by atoms with Gasteiger partial charge in [-0.15, -0.1) is 0 Å². The van der Waals surface area contributed by atoms with Crippen LogP contribution in [0.4, 0.5) is 0 Å². The van der Waals surface area contributed by atoms with Gasteiger partial charge < -0.3 is 14.6 Å². The van der Waals surface area contributed by atoms with Gasteiger partial charge in [-0.1, -0.05) is 24.3 Å². The van der Waals surface area contributed by atoms with Crippen LogP contribution in [0, 0.1) is 4.77 Å². The van der Waals surface area contributed by atoms with Crippen molar-refractivity contribution in [2.45, 2.75) is 13.2 Å². The first-order chi connectivity index (χ1) is 13.9. The van der Waals surface area contributed by atoms with Gasteiger partial charge in [0.2, 0.25) is 0 Å². The molecular weight excluding hydrogens is 386 g/mol. The Bertz CT molecular complexity index is 1060. The molecule has 0 atom stereocenters. The summed E-state index contributed by atoms with van der Waals surface area (Å²) in [6, 6.07) is 15.3. The van der Waals surface area contributed by atoms with Crippen LogP contribution in [0.3, 0.4) is 0 Å². The summed E-state index contributed by atoms with van der Waals surface area (Å²) in [5.41, 5.74) is 2.65. The fourth-order valence-electron chi connectivity index (χ4n) is 3.14. The van der Waals surface area contributed by atoms with E-state index in [1.165, 1.54) is 0 Å².